The summed E-state index contributed by atoms with van der Waals surface area (Å²) in [6.45, 7) is 6.06. The molecule has 0 radical (unpaired) electrons. The Kier molecular flexibility index (Phi) is 4.24. The fraction of sp³-hybridized carbons (Fsp3) is 0.889. The van der Waals surface area contributed by atoms with Gasteiger partial charge in [0.05, 0.1) is 19.6 Å². The van der Waals surface area contributed by atoms with Crippen LogP contribution in [0, 0.1) is 5.41 Å². The first-order valence-electron chi connectivity index (χ1n) is 4.10. The summed E-state index contributed by atoms with van der Waals surface area (Å²) in [5.41, 5.74) is 0.0490. The van der Waals surface area contributed by atoms with Crippen LogP contribution in [0.25, 0.3) is 0 Å². The SMILES string of the molecule is COC(=O)C[C@@H](O)CC(C)(C)C. The number of rotatable bonds is 3. The molecule has 0 saturated carbocycles. The summed E-state index contributed by atoms with van der Waals surface area (Å²) < 4.78 is 4.44. The molecule has 0 rings (SSSR count). The van der Waals surface area contributed by atoms with Gasteiger partial charge in [-0.15, -0.1) is 0 Å². The summed E-state index contributed by atoms with van der Waals surface area (Å²) in [6.07, 6.45) is 0.119. The maximum Gasteiger partial charge on any atom is 0.308 e. The van der Waals surface area contributed by atoms with Crippen LogP contribution in [0.1, 0.15) is 33.6 Å². The molecule has 3 nitrogen and oxygen atoms in total. The first-order valence-corrected chi connectivity index (χ1v) is 4.10. The molecule has 0 aromatic rings. The van der Waals surface area contributed by atoms with Crippen molar-refractivity contribution in [3.05, 3.63) is 0 Å². The Labute approximate surface area is 73.7 Å². The van der Waals surface area contributed by atoms with E-state index in [9.17, 15) is 9.90 Å². The lowest BCUT2D eigenvalue weighted by molar-refractivity contribution is -0.143. The monoisotopic (exact) mass is 174 g/mol. The molecule has 0 aromatic heterocycles. The standard InChI is InChI=1S/C9H18O3/c1-9(2,3)6-7(10)5-8(11)12-4/h7,10H,5-6H2,1-4H3/t7-/m1/s1. The highest BCUT2D eigenvalue weighted by Crippen LogP contribution is 2.21. The lowest BCUT2D eigenvalue weighted by Gasteiger charge is -2.21. The second-order valence-corrected chi connectivity index (χ2v) is 4.20. The third-order valence-electron chi connectivity index (χ3n) is 1.48. The number of esters is 1. The van der Waals surface area contributed by atoms with Crippen molar-refractivity contribution >= 4 is 5.97 Å². The minimum absolute atomic E-state index is 0.0490. The van der Waals surface area contributed by atoms with E-state index in [-0.39, 0.29) is 17.8 Å². The molecule has 0 heterocycles. The minimum atomic E-state index is -0.586. The van der Waals surface area contributed by atoms with Gasteiger partial charge in [0.1, 0.15) is 0 Å². The van der Waals surface area contributed by atoms with Gasteiger partial charge in [0, 0.05) is 0 Å². The van der Waals surface area contributed by atoms with Gasteiger partial charge in [-0.1, -0.05) is 20.8 Å². The second-order valence-electron chi connectivity index (χ2n) is 4.20. The zero-order valence-corrected chi connectivity index (χ0v) is 8.26. The number of aliphatic hydroxyl groups excluding tert-OH is 1. The molecule has 72 valence electrons. The lowest BCUT2D eigenvalue weighted by atomic mass is 9.88. The van der Waals surface area contributed by atoms with E-state index >= 15 is 0 Å². The van der Waals surface area contributed by atoms with E-state index in [0.29, 0.717) is 6.42 Å². The Morgan fingerprint density at radius 2 is 2.00 bits per heavy atom. The summed E-state index contributed by atoms with van der Waals surface area (Å²) in [6, 6.07) is 0. The molecular weight excluding hydrogens is 156 g/mol. The normalized spacial score (nSPS) is 14.1. The van der Waals surface area contributed by atoms with Gasteiger partial charge in [0.2, 0.25) is 0 Å². The van der Waals surface area contributed by atoms with Crippen molar-refractivity contribution in [1.82, 2.24) is 0 Å². The molecule has 0 fully saturated rings. The van der Waals surface area contributed by atoms with E-state index in [4.69, 9.17) is 0 Å². The van der Waals surface area contributed by atoms with Crippen LogP contribution in [0.5, 0.6) is 0 Å². The molecular formula is C9H18O3. The molecule has 0 bridgehead atoms. The van der Waals surface area contributed by atoms with Crippen molar-refractivity contribution < 1.29 is 14.6 Å². The molecule has 1 atom stereocenters. The van der Waals surface area contributed by atoms with E-state index < -0.39 is 6.10 Å². The van der Waals surface area contributed by atoms with Gasteiger partial charge in [0.25, 0.3) is 0 Å². The first-order chi connectivity index (χ1) is 5.35. The Hall–Kier alpha value is -0.570. The van der Waals surface area contributed by atoms with Crippen LogP contribution in [0.2, 0.25) is 0 Å². The fourth-order valence-corrected chi connectivity index (χ4v) is 1.05. The Balaban J connectivity index is 3.74. The summed E-state index contributed by atoms with van der Waals surface area (Å²) in [4.78, 5) is 10.7. The largest absolute Gasteiger partial charge is 0.469 e. The first kappa shape index (κ1) is 11.4. The third-order valence-corrected chi connectivity index (χ3v) is 1.48. The predicted octanol–water partition coefficient (Wildman–Crippen LogP) is 1.35. The van der Waals surface area contributed by atoms with Gasteiger partial charge < -0.3 is 9.84 Å². The maximum absolute atomic E-state index is 10.7. The van der Waals surface area contributed by atoms with Crippen molar-refractivity contribution in [2.24, 2.45) is 5.41 Å². The van der Waals surface area contributed by atoms with Crippen LogP contribution in [-0.4, -0.2) is 24.3 Å². The summed E-state index contributed by atoms with van der Waals surface area (Å²) >= 11 is 0. The Morgan fingerprint density at radius 3 is 2.33 bits per heavy atom. The average molecular weight is 174 g/mol. The van der Waals surface area contributed by atoms with Crippen LogP contribution in [0.4, 0.5) is 0 Å². The molecule has 0 unspecified atom stereocenters. The fourth-order valence-electron chi connectivity index (χ4n) is 1.05. The molecule has 1 N–H and O–H groups in total. The van der Waals surface area contributed by atoms with Crippen molar-refractivity contribution in [3.8, 4) is 0 Å². The van der Waals surface area contributed by atoms with Gasteiger partial charge in [-0.25, -0.2) is 0 Å². The Morgan fingerprint density at radius 1 is 1.50 bits per heavy atom. The van der Waals surface area contributed by atoms with Crippen molar-refractivity contribution in [2.45, 2.75) is 39.7 Å². The molecule has 0 amide bonds. The number of carbonyl (C=O) groups is 1. The highest BCUT2D eigenvalue weighted by molar-refractivity contribution is 5.69. The van der Waals surface area contributed by atoms with Crippen LogP contribution >= 0.6 is 0 Å². The lowest BCUT2D eigenvalue weighted by Crippen LogP contribution is -2.21. The number of hydrogen-bond acceptors (Lipinski definition) is 3. The van der Waals surface area contributed by atoms with E-state index in [0.717, 1.165) is 0 Å². The summed E-state index contributed by atoms with van der Waals surface area (Å²) in [5, 5.41) is 9.39. The number of hydrogen-bond donors (Lipinski definition) is 1. The van der Waals surface area contributed by atoms with Crippen LogP contribution in [-0.2, 0) is 9.53 Å². The highest BCUT2D eigenvalue weighted by Gasteiger charge is 2.19. The minimum Gasteiger partial charge on any atom is -0.469 e. The van der Waals surface area contributed by atoms with Crippen molar-refractivity contribution in [3.63, 3.8) is 0 Å². The second kappa shape index (κ2) is 4.45. The molecule has 12 heavy (non-hydrogen) atoms. The van der Waals surface area contributed by atoms with Crippen molar-refractivity contribution in [2.75, 3.05) is 7.11 Å². The molecule has 0 spiro atoms. The topological polar surface area (TPSA) is 46.5 Å². The van der Waals surface area contributed by atoms with E-state index in [1.165, 1.54) is 7.11 Å². The number of ether oxygens (including phenoxy) is 1. The molecule has 0 aliphatic rings. The van der Waals surface area contributed by atoms with Crippen LogP contribution < -0.4 is 0 Å². The van der Waals surface area contributed by atoms with Crippen LogP contribution in [0.15, 0.2) is 0 Å². The smallest absolute Gasteiger partial charge is 0.308 e. The predicted molar refractivity (Wildman–Crippen MR) is 46.7 cm³/mol. The van der Waals surface area contributed by atoms with Crippen LogP contribution in [0.3, 0.4) is 0 Å². The zero-order chi connectivity index (χ0) is 9.78. The van der Waals surface area contributed by atoms with E-state index in [2.05, 4.69) is 4.74 Å². The zero-order valence-electron chi connectivity index (χ0n) is 8.26. The van der Waals surface area contributed by atoms with Gasteiger partial charge in [-0.2, -0.15) is 0 Å². The van der Waals surface area contributed by atoms with Gasteiger partial charge in [-0.05, 0) is 11.8 Å². The molecule has 0 aliphatic carbocycles. The van der Waals surface area contributed by atoms with E-state index in [1.807, 2.05) is 20.8 Å². The Bertz CT molecular complexity index is 146. The van der Waals surface area contributed by atoms with Gasteiger partial charge in [0.15, 0.2) is 0 Å². The number of aliphatic hydroxyl groups is 1. The molecule has 3 heteroatoms. The van der Waals surface area contributed by atoms with Gasteiger partial charge in [-0.3, -0.25) is 4.79 Å². The summed E-state index contributed by atoms with van der Waals surface area (Å²) in [7, 11) is 1.33. The third kappa shape index (κ3) is 6.16. The highest BCUT2D eigenvalue weighted by atomic mass is 16.5. The van der Waals surface area contributed by atoms with E-state index in [1.54, 1.807) is 0 Å². The number of methoxy groups -OCH3 is 1. The van der Waals surface area contributed by atoms with Gasteiger partial charge >= 0.3 is 5.97 Å². The molecule has 0 saturated heterocycles. The van der Waals surface area contributed by atoms with Crippen molar-refractivity contribution in [1.29, 1.82) is 0 Å². The summed E-state index contributed by atoms with van der Waals surface area (Å²) in [5.74, 6) is -0.355. The molecule has 0 aliphatic heterocycles. The maximum atomic E-state index is 10.7. The number of carbonyl (C=O) groups excluding carboxylic acids is 1. The molecule has 0 aromatic carbocycles. The quantitative estimate of drug-likeness (QED) is 0.657. The average Bonchev–Trinajstić information content (AvgIpc) is 1.82.